The van der Waals surface area contributed by atoms with Gasteiger partial charge in [-0.2, -0.15) is 11.8 Å². The lowest BCUT2D eigenvalue weighted by Gasteiger charge is -2.26. The molecule has 0 aromatic heterocycles. The first kappa shape index (κ1) is 23.6. The number of carbonyl (C=O) groups is 2. The third-order valence-electron chi connectivity index (χ3n) is 5.55. The van der Waals surface area contributed by atoms with E-state index in [1.807, 2.05) is 28.8 Å². The van der Waals surface area contributed by atoms with Gasteiger partial charge in [0.25, 0.3) is 5.91 Å². The standard InChI is InChI=1S/C23H27N3O5S2/c1-31-20-9-4-17(15-21(20)33(29,30)25-19-7-8-19)23(28)24-18-5-2-16(3-6-18)14-22(27)26-10-12-32-13-11-26/h2-6,9,15,19,25H,7-8,10-14H2,1H3,(H,24,28). The fourth-order valence-corrected chi connectivity index (χ4v) is 5.92. The number of hydrogen-bond acceptors (Lipinski definition) is 6. The van der Waals surface area contributed by atoms with Gasteiger partial charge in [0, 0.05) is 41.9 Å². The van der Waals surface area contributed by atoms with E-state index in [4.69, 9.17) is 4.74 Å². The summed E-state index contributed by atoms with van der Waals surface area (Å²) in [6.07, 6.45) is 1.94. The fourth-order valence-electron chi connectivity index (χ4n) is 3.52. The third-order valence-corrected chi connectivity index (χ3v) is 8.03. The van der Waals surface area contributed by atoms with Crippen LogP contribution in [0.3, 0.4) is 0 Å². The molecule has 2 N–H and O–H groups in total. The zero-order valence-corrected chi connectivity index (χ0v) is 20.0. The highest BCUT2D eigenvalue weighted by molar-refractivity contribution is 7.99. The Morgan fingerprint density at radius 3 is 2.42 bits per heavy atom. The molecule has 0 atom stereocenters. The third kappa shape index (κ3) is 6.07. The van der Waals surface area contributed by atoms with E-state index in [1.54, 1.807) is 12.1 Å². The SMILES string of the molecule is COc1ccc(C(=O)Nc2ccc(CC(=O)N3CCSCC3)cc2)cc1S(=O)(=O)NC1CC1. The highest BCUT2D eigenvalue weighted by Gasteiger charge is 2.30. The molecule has 2 fully saturated rings. The van der Waals surface area contributed by atoms with E-state index < -0.39 is 15.9 Å². The number of thioether (sulfide) groups is 1. The second-order valence-electron chi connectivity index (χ2n) is 8.08. The Kier molecular flexibility index (Phi) is 7.26. The highest BCUT2D eigenvalue weighted by Crippen LogP contribution is 2.28. The number of benzene rings is 2. The Bertz CT molecular complexity index is 1130. The number of hydrogen-bond donors (Lipinski definition) is 2. The maximum atomic E-state index is 12.8. The monoisotopic (exact) mass is 489 g/mol. The summed E-state index contributed by atoms with van der Waals surface area (Å²) in [7, 11) is -2.40. The smallest absolute Gasteiger partial charge is 0.255 e. The number of amides is 2. The van der Waals surface area contributed by atoms with Crippen molar-refractivity contribution in [1.82, 2.24) is 9.62 Å². The minimum absolute atomic E-state index is 0.0589. The van der Waals surface area contributed by atoms with Crippen LogP contribution in [0.2, 0.25) is 0 Å². The molecule has 1 saturated heterocycles. The van der Waals surface area contributed by atoms with Gasteiger partial charge in [-0.15, -0.1) is 0 Å². The molecular weight excluding hydrogens is 462 g/mol. The van der Waals surface area contributed by atoms with Crippen LogP contribution in [0, 0.1) is 0 Å². The van der Waals surface area contributed by atoms with Gasteiger partial charge in [0.1, 0.15) is 10.6 Å². The maximum absolute atomic E-state index is 12.8. The molecule has 0 spiro atoms. The summed E-state index contributed by atoms with van der Waals surface area (Å²) in [4.78, 5) is 27.0. The van der Waals surface area contributed by atoms with E-state index in [2.05, 4.69) is 10.0 Å². The topological polar surface area (TPSA) is 105 Å². The molecule has 33 heavy (non-hydrogen) atoms. The van der Waals surface area contributed by atoms with Crippen molar-refractivity contribution in [2.24, 2.45) is 0 Å². The number of ether oxygens (including phenoxy) is 1. The number of rotatable bonds is 8. The van der Waals surface area contributed by atoms with Gasteiger partial charge >= 0.3 is 0 Å². The van der Waals surface area contributed by atoms with E-state index in [0.717, 1.165) is 43.0 Å². The second-order valence-corrected chi connectivity index (χ2v) is 11.0. The van der Waals surface area contributed by atoms with Crippen LogP contribution in [-0.2, 0) is 21.2 Å². The van der Waals surface area contributed by atoms with Crippen LogP contribution in [0.25, 0.3) is 0 Å². The number of carbonyl (C=O) groups excluding carboxylic acids is 2. The summed E-state index contributed by atoms with van der Waals surface area (Å²) in [6, 6.07) is 11.4. The van der Waals surface area contributed by atoms with Crippen molar-refractivity contribution in [2.75, 3.05) is 37.0 Å². The Hall–Kier alpha value is -2.56. The quantitative estimate of drug-likeness (QED) is 0.590. The molecule has 1 heterocycles. The van der Waals surface area contributed by atoms with E-state index in [9.17, 15) is 18.0 Å². The van der Waals surface area contributed by atoms with E-state index in [0.29, 0.717) is 12.1 Å². The molecular formula is C23H27N3O5S2. The average Bonchev–Trinajstić information content (AvgIpc) is 3.63. The molecule has 2 aromatic carbocycles. The number of nitrogens with one attached hydrogen (secondary N) is 2. The first-order valence-electron chi connectivity index (χ1n) is 10.8. The lowest BCUT2D eigenvalue weighted by molar-refractivity contribution is -0.130. The minimum atomic E-state index is -3.79. The summed E-state index contributed by atoms with van der Waals surface area (Å²) >= 11 is 1.86. The van der Waals surface area contributed by atoms with Crippen LogP contribution in [0.1, 0.15) is 28.8 Å². The molecule has 0 radical (unpaired) electrons. The van der Waals surface area contributed by atoms with Gasteiger partial charge in [0.05, 0.1) is 13.5 Å². The van der Waals surface area contributed by atoms with Crippen molar-refractivity contribution >= 4 is 39.3 Å². The van der Waals surface area contributed by atoms with Crippen LogP contribution >= 0.6 is 11.8 Å². The molecule has 176 valence electrons. The van der Waals surface area contributed by atoms with Crippen LogP contribution in [0.5, 0.6) is 5.75 Å². The summed E-state index contributed by atoms with van der Waals surface area (Å²) in [5, 5.41) is 2.78. The molecule has 1 saturated carbocycles. The highest BCUT2D eigenvalue weighted by atomic mass is 32.2. The normalized spacial score (nSPS) is 16.3. The molecule has 0 unspecified atom stereocenters. The summed E-state index contributed by atoms with van der Waals surface area (Å²) < 4.78 is 33.2. The summed E-state index contributed by atoms with van der Waals surface area (Å²) in [5.74, 6) is 1.80. The van der Waals surface area contributed by atoms with Gasteiger partial charge in [-0.1, -0.05) is 12.1 Å². The Labute approximate surface area is 198 Å². The average molecular weight is 490 g/mol. The van der Waals surface area contributed by atoms with Gasteiger partial charge in [-0.25, -0.2) is 13.1 Å². The first-order valence-corrected chi connectivity index (χ1v) is 13.5. The number of sulfonamides is 1. The Morgan fingerprint density at radius 2 is 1.79 bits per heavy atom. The van der Waals surface area contributed by atoms with E-state index >= 15 is 0 Å². The largest absolute Gasteiger partial charge is 0.495 e. The van der Waals surface area contributed by atoms with Crippen LogP contribution in [0.15, 0.2) is 47.4 Å². The van der Waals surface area contributed by atoms with Crippen molar-refractivity contribution in [3.05, 3.63) is 53.6 Å². The molecule has 2 aromatic rings. The molecule has 4 rings (SSSR count). The van der Waals surface area contributed by atoms with Crippen molar-refractivity contribution in [2.45, 2.75) is 30.2 Å². The summed E-state index contributed by atoms with van der Waals surface area (Å²) in [5.41, 5.74) is 1.64. The van der Waals surface area contributed by atoms with Gasteiger partial charge in [-0.3, -0.25) is 9.59 Å². The van der Waals surface area contributed by atoms with Gasteiger partial charge in [0.2, 0.25) is 15.9 Å². The van der Waals surface area contributed by atoms with Gasteiger partial charge in [-0.05, 0) is 48.7 Å². The fraction of sp³-hybridized carbons (Fsp3) is 0.391. The molecule has 10 heteroatoms. The molecule has 1 aliphatic carbocycles. The van der Waals surface area contributed by atoms with Gasteiger partial charge < -0.3 is 15.0 Å². The lowest BCUT2D eigenvalue weighted by Crippen LogP contribution is -2.38. The molecule has 2 aliphatic rings. The van der Waals surface area contributed by atoms with Crippen molar-refractivity contribution in [3.8, 4) is 5.75 Å². The molecule has 0 bridgehead atoms. The lowest BCUT2D eigenvalue weighted by atomic mass is 10.1. The van der Waals surface area contributed by atoms with Crippen molar-refractivity contribution in [1.29, 1.82) is 0 Å². The minimum Gasteiger partial charge on any atom is -0.495 e. The van der Waals surface area contributed by atoms with Crippen molar-refractivity contribution in [3.63, 3.8) is 0 Å². The van der Waals surface area contributed by atoms with Crippen molar-refractivity contribution < 1.29 is 22.7 Å². The predicted octanol–water partition coefficient (Wildman–Crippen LogP) is 2.51. The molecule has 2 amide bonds. The van der Waals surface area contributed by atoms with Crippen LogP contribution < -0.4 is 14.8 Å². The molecule has 8 nitrogen and oxygen atoms in total. The number of nitrogens with zero attached hydrogens (tertiary/aromatic N) is 1. The molecule has 1 aliphatic heterocycles. The maximum Gasteiger partial charge on any atom is 0.255 e. The second kappa shape index (κ2) is 10.1. The zero-order chi connectivity index (χ0) is 23.4. The number of anilines is 1. The van der Waals surface area contributed by atoms with Crippen LogP contribution in [-0.4, -0.2) is 62.9 Å². The Morgan fingerprint density at radius 1 is 1.09 bits per heavy atom. The first-order chi connectivity index (χ1) is 15.9. The number of methoxy groups -OCH3 is 1. The summed E-state index contributed by atoms with van der Waals surface area (Å²) in [6.45, 7) is 1.57. The van der Waals surface area contributed by atoms with Gasteiger partial charge in [0.15, 0.2) is 0 Å². The Balaban J connectivity index is 1.42. The van der Waals surface area contributed by atoms with Crippen LogP contribution in [0.4, 0.5) is 5.69 Å². The van der Waals surface area contributed by atoms with E-state index in [-0.39, 0.29) is 28.2 Å². The predicted molar refractivity (Wildman–Crippen MR) is 128 cm³/mol. The van der Waals surface area contributed by atoms with E-state index in [1.165, 1.54) is 25.3 Å². The zero-order valence-electron chi connectivity index (χ0n) is 18.4.